The molecule has 0 amide bonds. The van der Waals surface area contributed by atoms with Crippen LogP contribution in [0.2, 0.25) is 0 Å². The van der Waals surface area contributed by atoms with Gasteiger partial charge in [-0.1, -0.05) is 318 Å². The molecule has 0 radical (unpaired) electrons. The number of benzene rings is 12. The van der Waals surface area contributed by atoms with Crippen LogP contribution in [0.3, 0.4) is 0 Å². The van der Waals surface area contributed by atoms with Gasteiger partial charge in [-0.15, -0.1) is 0 Å². The van der Waals surface area contributed by atoms with Gasteiger partial charge in [0, 0.05) is 96.7 Å². The van der Waals surface area contributed by atoms with E-state index in [0.29, 0.717) is 23.7 Å². The number of hydrogen-bond donors (Lipinski definition) is 0. The lowest BCUT2D eigenvalue weighted by molar-refractivity contribution is 0.443. The van der Waals surface area contributed by atoms with Crippen molar-refractivity contribution >= 4 is 114 Å². The molecule has 4 aliphatic carbocycles. The lowest BCUT2D eigenvalue weighted by atomic mass is 9.33. The summed E-state index contributed by atoms with van der Waals surface area (Å²) in [5.74, 6) is 3.07. The fourth-order valence-corrected chi connectivity index (χ4v) is 23.2. The molecule has 8 aliphatic rings. The van der Waals surface area contributed by atoms with Gasteiger partial charge in [0.2, 0.25) is 0 Å². The second-order valence-electron chi connectivity index (χ2n) is 43.2. The Labute approximate surface area is 774 Å². The first-order chi connectivity index (χ1) is 63.0. The van der Waals surface area contributed by atoms with Crippen molar-refractivity contribution in [3.63, 3.8) is 0 Å². The third-order valence-corrected chi connectivity index (χ3v) is 30.5. The summed E-state index contributed by atoms with van der Waals surface area (Å²) in [5.41, 5.74) is 41.5. The van der Waals surface area contributed by atoms with E-state index >= 15 is 0 Å². The van der Waals surface area contributed by atoms with Crippen LogP contribution in [0, 0.1) is 0 Å². The van der Waals surface area contributed by atoms with E-state index in [2.05, 4.69) is 375 Å². The van der Waals surface area contributed by atoms with Crippen molar-refractivity contribution in [3.05, 3.63) is 324 Å². The molecule has 4 aliphatic heterocycles. The molecule has 0 saturated heterocycles. The quantitative estimate of drug-likeness (QED) is 0.112. The summed E-state index contributed by atoms with van der Waals surface area (Å²) in [6.07, 6.45) is 29.5. The molecule has 652 valence electrons. The van der Waals surface area contributed by atoms with Gasteiger partial charge in [-0.05, 0) is 283 Å². The maximum Gasteiger partial charge on any atom is 0.252 e. The number of nitrogens with zero attached hydrogens (tertiary/aromatic N) is 8. The van der Waals surface area contributed by atoms with Crippen LogP contribution in [-0.4, -0.2) is 33.4 Å². The van der Waals surface area contributed by atoms with Gasteiger partial charge in [-0.3, -0.25) is 0 Å². The highest BCUT2D eigenvalue weighted by Crippen LogP contribution is 2.53. The molecule has 8 nitrogen and oxygen atoms in total. The Hall–Kier alpha value is -11.9. The fourth-order valence-electron chi connectivity index (χ4n) is 23.2. The summed E-state index contributed by atoms with van der Waals surface area (Å²) in [6.45, 7) is 27.8. The number of rotatable bonds is 12. The molecular formula is C120H126B2N8. The smallest absolute Gasteiger partial charge is 0.252 e. The van der Waals surface area contributed by atoms with E-state index in [1.54, 1.807) is 6.33 Å². The number of aromatic nitrogens is 4. The van der Waals surface area contributed by atoms with Crippen molar-refractivity contribution in [3.8, 4) is 45.2 Å². The van der Waals surface area contributed by atoms with Crippen LogP contribution in [0.25, 0.3) is 45.2 Å². The maximum absolute atomic E-state index is 5.52. The number of fused-ring (bicyclic) bond motifs is 8. The SMILES string of the molecule is CC(C)(C)c1ccc(N2c3cc(C4CCCCC4)ccc3B3c4ccc(C5CCCCC5)cc4N(c4ccc(C(C)(C)C)cc4)c4cc(-c5cc(-c6ccccc6)nc(-c6ccccc6)n5)cc2c43)cc1.CC(C)(C)c1ccc(N2c3cc(C4CCCCC4)ccc3B3c4ccc(C5CCCCC5)cc4N(c4ccc(C(C)(C)C)cc4)c4cc(-c5ccncn5)cc2c43)cc1. The minimum atomic E-state index is 0.0276. The van der Waals surface area contributed by atoms with Crippen LogP contribution in [0.5, 0.6) is 0 Å². The summed E-state index contributed by atoms with van der Waals surface area (Å²) < 4.78 is 0. The third-order valence-electron chi connectivity index (χ3n) is 30.5. The number of anilines is 12. The van der Waals surface area contributed by atoms with Gasteiger partial charge >= 0.3 is 0 Å². The summed E-state index contributed by atoms with van der Waals surface area (Å²) in [7, 11) is 0. The van der Waals surface area contributed by atoms with Crippen LogP contribution >= 0.6 is 0 Å². The average Bonchev–Trinajstić information content (AvgIpc) is 0.696. The van der Waals surface area contributed by atoms with E-state index in [1.165, 1.54) is 274 Å². The Kier molecular flexibility index (Phi) is 22.5. The van der Waals surface area contributed by atoms with Gasteiger partial charge in [0.25, 0.3) is 13.4 Å². The lowest BCUT2D eigenvalue weighted by Gasteiger charge is -2.45. The highest BCUT2D eigenvalue weighted by Gasteiger charge is 2.48. The zero-order valence-corrected chi connectivity index (χ0v) is 78.7. The van der Waals surface area contributed by atoms with E-state index in [9.17, 15) is 0 Å². The Morgan fingerprint density at radius 2 is 0.531 bits per heavy atom. The molecule has 4 saturated carbocycles. The van der Waals surface area contributed by atoms with Crippen molar-refractivity contribution in [2.75, 3.05) is 19.6 Å². The first-order valence-electron chi connectivity index (χ1n) is 49.3. The first kappa shape index (κ1) is 84.9. The van der Waals surface area contributed by atoms with Gasteiger partial charge in [0.05, 0.1) is 17.1 Å². The summed E-state index contributed by atoms with van der Waals surface area (Å²) in [6, 6.07) is 103. The highest BCUT2D eigenvalue weighted by molar-refractivity contribution is 7.01. The second kappa shape index (κ2) is 34.5. The monoisotopic (exact) mass is 1700 g/mol. The minimum Gasteiger partial charge on any atom is -0.311 e. The zero-order chi connectivity index (χ0) is 88.9. The van der Waals surface area contributed by atoms with Crippen LogP contribution in [-0.2, 0) is 21.7 Å². The Morgan fingerprint density at radius 1 is 0.254 bits per heavy atom. The molecule has 0 unspecified atom stereocenters. The molecule has 22 rings (SSSR count). The van der Waals surface area contributed by atoms with Crippen molar-refractivity contribution in [2.45, 2.75) is 257 Å². The minimum absolute atomic E-state index is 0.0276. The second-order valence-corrected chi connectivity index (χ2v) is 43.2. The van der Waals surface area contributed by atoms with Gasteiger partial charge < -0.3 is 19.6 Å². The molecule has 0 atom stereocenters. The highest BCUT2D eigenvalue weighted by atomic mass is 15.2. The summed E-state index contributed by atoms with van der Waals surface area (Å²) in [5, 5.41) is 0. The summed E-state index contributed by atoms with van der Waals surface area (Å²) >= 11 is 0. The molecule has 10 heteroatoms. The maximum atomic E-state index is 5.52. The van der Waals surface area contributed by atoms with Crippen molar-refractivity contribution < 1.29 is 0 Å². The predicted octanol–water partition coefficient (Wildman–Crippen LogP) is 29.2. The van der Waals surface area contributed by atoms with Crippen molar-refractivity contribution in [1.29, 1.82) is 0 Å². The largest absolute Gasteiger partial charge is 0.311 e. The Bertz CT molecular complexity index is 6130. The normalized spacial score (nSPS) is 16.6. The fraction of sp³-hybridized carbons (Fsp3) is 0.333. The molecule has 12 aromatic carbocycles. The molecule has 2 aromatic heterocycles. The van der Waals surface area contributed by atoms with E-state index in [4.69, 9.17) is 15.0 Å². The Balaban J connectivity index is 0.000000160. The van der Waals surface area contributed by atoms with Crippen LogP contribution in [0.1, 0.15) is 280 Å². The molecular weight excluding hydrogens is 1570 g/mol. The van der Waals surface area contributed by atoms with Gasteiger partial charge in [0.1, 0.15) is 6.33 Å². The van der Waals surface area contributed by atoms with Gasteiger partial charge in [0.15, 0.2) is 5.82 Å². The van der Waals surface area contributed by atoms with Crippen LogP contribution in [0.15, 0.2) is 279 Å². The van der Waals surface area contributed by atoms with Crippen molar-refractivity contribution in [2.24, 2.45) is 0 Å². The summed E-state index contributed by atoms with van der Waals surface area (Å²) in [4.78, 5) is 30.4. The molecule has 6 heterocycles. The lowest BCUT2D eigenvalue weighted by Crippen LogP contribution is -2.61. The van der Waals surface area contributed by atoms with E-state index in [1.807, 2.05) is 6.20 Å². The van der Waals surface area contributed by atoms with Gasteiger partial charge in [-0.25, -0.2) is 19.9 Å². The third kappa shape index (κ3) is 16.2. The molecule has 14 aromatic rings. The topological polar surface area (TPSA) is 64.5 Å². The van der Waals surface area contributed by atoms with Gasteiger partial charge in [-0.2, -0.15) is 0 Å². The van der Waals surface area contributed by atoms with Crippen LogP contribution < -0.4 is 52.4 Å². The Morgan fingerprint density at radius 3 is 0.808 bits per heavy atom. The predicted molar refractivity (Wildman–Crippen MR) is 552 cm³/mol. The van der Waals surface area contributed by atoms with E-state index in [0.717, 1.165) is 45.2 Å². The zero-order valence-electron chi connectivity index (χ0n) is 78.7. The molecule has 130 heavy (non-hydrogen) atoms. The van der Waals surface area contributed by atoms with E-state index in [-0.39, 0.29) is 35.1 Å². The van der Waals surface area contributed by atoms with E-state index < -0.39 is 0 Å². The standard InChI is InChI=1S/C66H67BN4.C54H59BN4/c1-65(2,3)51-29-33-53(34-30-51)70-59-39-48(44-19-11-7-12-20-44)27-37-55(59)67-56-38-28-49(45-21-13-8-14-22-45)40-60(56)71(54-35-31-52(32-36-54)66(4,5)6)62-42-50(41-61(70)63(62)67)58-43-57(46-23-15-9-16-24-46)68-64(69-58)47-25-17-10-18-26-47;1-53(2,3)41-19-23-43(24-20-41)58-48-31-38(36-13-9-7-10-14-36)17-27-45(48)55-46-28-18-39(37-15-11-8-12-16-37)32-49(46)59(44-25-21-42(22-26-44)54(4,5)6)51-34-40(33-50(58)52(51)55)47-29-30-56-35-57-47/h9-10,15-18,23-45H,7-8,11-14,19-22H2,1-6H3;17-37H,7-16H2,1-6H3. The molecule has 4 fully saturated rings. The van der Waals surface area contributed by atoms with Crippen LogP contribution in [0.4, 0.5) is 68.2 Å². The molecule has 0 N–H and O–H groups in total. The van der Waals surface area contributed by atoms with Crippen molar-refractivity contribution in [1.82, 2.24) is 19.9 Å². The first-order valence-corrected chi connectivity index (χ1v) is 49.3. The average molecular weight is 1700 g/mol. The molecule has 0 bridgehead atoms. The number of hydrogen-bond acceptors (Lipinski definition) is 8. The molecule has 0 spiro atoms.